The van der Waals surface area contributed by atoms with Crippen LogP contribution in [0, 0.1) is 5.92 Å². The second-order valence-corrected chi connectivity index (χ2v) is 8.72. The first-order valence-electron chi connectivity index (χ1n) is 8.81. The van der Waals surface area contributed by atoms with Gasteiger partial charge in [-0.1, -0.05) is 22.0 Å². The molecule has 1 aliphatic heterocycles. The summed E-state index contributed by atoms with van der Waals surface area (Å²) in [6, 6.07) is 13.2. The Kier molecular flexibility index (Phi) is 5.42. The van der Waals surface area contributed by atoms with E-state index in [1.807, 2.05) is 60.7 Å². The van der Waals surface area contributed by atoms with Crippen molar-refractivity contribution < 1.29 is 18.4 Å². The monoisotopic (exact) mass is 458 g/mol. The Morgan fingerprint density at radius 2 is 1.79 bits per heavy atom. The van der Waals surface area contributed by atoms with Crippen molar-refractivity contribution in [1.82, 2.24) is 0 Å². The van der Waals surface area contributed by atoms with Crippen LogP contribution in [0.25, 0.3) is 5.76 Å². The minimum Gasteiger partial charge on any atom is -0.497 e. The van der Waals surface area contributed by atoms with E-state index in [1.54, 1.807) is 14.2 Å². The average Bonchev–Trinajstić information content (AvgIpc) is 3.00. The van der Waals surface area contributed by atoms with Gasteiger partial charge in [-0.05, 0) is 61.0 Å². The fraction of sp³-hybridized carbons (Fsp3) is 0.182. The lowest BCUT2D eigenvalue weighted by atomic mass is 9.97. The third-order valence-electron chi connectivity index (χ3n) is 4.73. The van der Waals surface area contributed by atoms with Crippen LogP contribution in [0.4, 0.5) is 0 Å². The van der Waals surface area contributed by atoms with E-state index < -0.39 is 10.8 Å². The predicted octanol–water partition coefficient (Wildman–Crippen LogP) is 5.43. The van der Waals surface area contributed by atoms with Crippen LogP contribution in [0.1, 0.15) is 12.0 Å². The van der Waals surface area contributed by atoms with Crippen LogP contribution in [-0.4, -0.2) is 18.4 Å². The van der Waals surface area contributed by atoms with Gasteiger partial charge in [-0.3, -0.25) is 0 Å². The van der Waals surface area contributed by atoms with Crippen molar-refractivity contribution in [3.63, 3.8) is 0 Å². The Morgan fingerprint density at radius 1 is 1.04 bits per heavy atom. The van der Waals surface area contributed by atoms with Crippen molar-refractivity contribution >= 4 is 32.5 Å². The van der Waals surface area contributed by atoms with Crippen molar-refractivity contribution in [2.75, 3.05) is 14.2 Å². The maximum Gasteiger partial charge on any atom is 0.148 e. The number of methoxy groups -OCH3 is 2. The Balaban J connectivity index is 1.78. The number of allylic oxidation sites excluding steroid dienone is 4. The van der Waals surface area contributed by atoms with E-state index in [0.29, 0.717) is 23.7 Å². The van der Waals surface area contributed by atoms with E-state index in [2.05, 4.69) is 15.9 Å². The molecule has 0 saturated carbocycles. The van der Waals surface area contributed by atoms with E-state index in [9.17, 15) is 4.21 Å². The molecule has 0 aromatic heterocycles. The molecule has 144 valence electrons. The van der Waals surface area contributed by atoms with Gasteiger partial charge in [-0.25, -0.2) is 4.21 Å². The Morgan fingerprint density at radius 3 is 2.43 bits per heavy atom. The molecule has 2 atom stereocenters. The molecule has 1 aliphatic carbocycles. The molecule has 2 aromatic carbocycles. The largest absolute Gasteiger partial charge is 0.497 e. The van der Waals surface area contributed by atoms with Crippen LogP contribution >= 0.6 is 15.9 Å². The summed E-state index contributed by atoms with van der Waals surface area (Å²) in [6.45, 7) is 0. The smallest absolute Gasteiger partial charge is 0.148 e. The summed E-state index contributed by atoms with van der Waals surface area (Å²) < 4.78 is 31.2. The summed E-state index contributed by atoms with van der Waals surface area (Å²) in [7, 11) is 1.93. The highest BCUT2D eigenvalue weighted by Crippen LogP contribution is 2.44. The number of hydrogen-bond acceptors (Lipinski definition) is 4. The molecule has 0 bridgehead atoms. The third kappa shape index (κ3) is 3.54. The van der Waals surface area contributed by atoms with Crippen LogP contribution in [0.5, 0.6) is 11.5 Å². The van der Waals surface area contributed by atoms with Gasteiger partial charge in [0.1, 0.15) is 23.0 Å². The first-order chi connectivity index (χ1) is 13.6. The molecule has 0 radical (unpaired) electrons. The average molecular weight is 459 g/mol. The zero-order valence-corrected chi connectivity index (χ0v) is 17.9. The lowest BCUT2D eigenvalue weighted by Gasteiger charge is -2.18. The van der Waals surface area contributed by atoms with Crippen LogP contribution in [-0.2, 0) is 15.5 Å². The maximum atomic E-state index is 13.4. The van der Waals surface area contributed by atoms with E-state index >= 15 is 0 Å². The summed E-state index contributed by atoms with van der Waals surface area (Å²) >= 11 is 3.44. The van der Waals surface area contributed by atoms with Gasteiger partial charge in [0.05, 0.1) is 34.8 Å². The number of rotatable bonds is 5. The summed E-state index contributed by atoms with van der Waals surface area (Å²) in [5.41, 5.74) is 0.840. The van der Waals surface area contributed by atoms with Gasteiger partial charge < -0.3 is 14.2 Å². The first-order valence-corrected chi connectivity index (χ1v) is 10.7. The molecular weight excluding hydrogens is 440 g/mol. The highest BCUT2D eigenvalue weighted by atomic mass is 79.9. The molecule has 4 nitrogen and oxygen atoms in total. The number of benzene rings is 2. The lowest BCUT2D eigenvalue weighted by molar-refractivity contribution is 0.302. The summed E-state index contributed by atoms with van der Waals surface area (Å²) in [5.74, 6) is 2.82. The number of hydrogen-bond donors (Lipinski definition) is 0. The van der Waals surface area contributed by atoms with E-state index in [-0.39, 0.29) is 5.92 Å². The fourth-order valence-electron chi connectivity index (χ4n) is 3.28. The molecule has 0 amide bonds. The second-order valence-electron chi connectivity index (χ2n) is 6.39. The second kappa shape index (κ2) is 7.97. The summed E-state index contributed by atoms with van der Waals surface area (Å²) in [5, 5.41) is 0. The molecule has 0 N–H and O–H groups in total. The molecule has 2 aromatic rings. The molecule has 28 heavy (non-hydrogen) atoms. The molecule has 1 heterocycles. The van der Waals surface area contributed by atoms with E-state index in [4.69, 9.17) is 14.2 Å². The van der Waals surface area contributed by atoms with Gasteiger partial charge in [0, 0.05) is 16.0 Å². The third-order valence-corrected chi connectivity index (χ3v) is 6.88. The molecular formula is C22H19BrO4S. The Labute approximate surface area is 175 Å². The number of ether oxygens (including phenoxy) is 3. The Hall–Kier alpha value is -2.31. The van der Waals surface area contributed by atoms with Gasteiger partial charge >= 0.3 is 0 Å². The van der Waals surface area contributed by atoms with Crippen molar-refractivity contribution in [2.24, 2.45) is 5.92 Å². The van der Waals surface area contributed by atoms with Crippen LogP contribution in [0.15, 0.2) is 80.7 Å². The summed E-state index contributed by atoms with van der Waals surface area (Å²) in [4.78, 5) is 1.49. The van der Waals surface area contributed by atoms with Gasteiger partial charge in [-0.15, -0.1) is 0 Å². The van der Waals surface area contributed by atoms with Gasteiger partial charge in [0.15, 0.2) is 0 Å². The zero-order chi connectivity index (χ0) is 19.7. The summed E-state index contributed by atoms with van der Waals surface area (Å²) in [6.07, 6.45) is 6.66. The topological polar surface area (TPSA) is 44.8 Å². The molecule has 4 rings (SSSR count). The SMILES string of the molecule is COC1=CCC(C2=C(Oc3ccc(Br)cc3)c3ccc(OC)cc3S2=O)C=C1. The molecule has 0 spiro atoms. The van der Waals surface area contributed by atoms with Crippen LogP contribution < -0.4 is 9.47 Å². The molecule has 2 aliphatic rings. The standard InChI is InChI=1S/C22H19BrO4S/c1-25-16-7-3-14(4-8-16)22-21(27-17-9-5-15(23)6-10-17)19-12-11-18(26-2)13-20(19)28(22)24/h3,5-14H,4H2,1-2H3. The molecule has 0 saturated heterocycles. The highest BCUT2D eigenvalue weighted by molar-refractivity contribution is 9.10. The highest BCUT2D eigenvalue weighted by Gasteiger charge is 2.35. The minimum atomic E-state index is -1.32. The molecule has 0 fully saturated rings. The normalized spacial score (nSPS) is 20.6. The number of fused-ring (bicyclic) bond motifs is 1. The van der Waals surface area contributed by atoms with Crippen molar-refractivity contribution in [2.45, 2.75) is 11.3 Å². The first kappa shape index (κ1) is 19.0. The molecule has 2 unspecified atom stereocenters. The number of halogens is 1. The van der Waals surface area contributed by atoms with Gasteiger partial charge in [-0.2, -0.15) is 0 Å². The quantitative estimate of drug-likeness (QED) is 0.598. The van der Waals surface area contributed by atoms with E-state index in [0.717, 1.165) is 25.6 Å². The van der Waals surface area contributed by atoms with Crippen molar-refractivity contribution in [1.29, 1.82) is 0 Å². The zero-order valence-electron chi connectivity index (χ0n) is 15.5. The van der Waals surface area contributed by atoms with Crippen LogP contribution in [0.2, 0.25) is 0 Å². The minimum absolute atomic E-state index is 0.0245. The van der Waals surface area contributed by atoms with Crippen LogP contribution in [0.3, 0.4) is 0 Å². The van der Waals surface area contributed by atoms with Gasteiger partial charge in [0.25, 0.3) is 0 Å². The fourth-order valence-corrected chi connectivity index (χ4v) is 5.14. The van der Waals surface area contributed by atoms with Crippen molar-refractivity contribution in [3.05, 3.63) is 81.4 Å². The lowest BCUT2D eigenvalue weighted by Crippen LogP contribution is -2.09. The van der Waals surface area contributed by atoms with E-state index in [1.165, 1.54) is 0 Å². The van der Waals surface area contributed by atoms with Gasteiger partial charge in [0.2, 0.25) is 0 Å². The maximum absolute atomic E-state index is 13.4. The predicted molar refractivity (Wildman–Crippen MR) is 113 cm³/mol. The molecule has 6 heteroatoms. The Bertz CT molecular complexity index is 1020. The van der Waals surface area contributed by atoms with Crippen molar-refractivity contribution in [3.8, 4) is 11.5 Å².